The number of rotatable bonds is 22. The zero-order chi connectivity index (χ0) is 34.5. The van der Waals surface area contributed by atoms with Crippen LogP contribution in [0, 0.1) is 0 Å². The van der Waals surface area contributed by atoms with Crippen molar-refractivity contribution in [1.29, 1.82) is 0 Å². The third kappa shape index (κ3) is 12.9. The SMILES string of the molecule is C=CCCCCCCOc1cnc(-c2ccc(OCCCCOCC(F)(F)OC(F)(F)C(F)(F)OC(F)(F)C(F)(F)F)cc2)nc1. The number of hydrogen-bond acceptors (Lipinski definition) is 7. The van der Waals surface area contributed by atoms with Gasteiger partial charge in [-0.25, -0.2) is 19.4 Å². The van der Waals surface area contributed by atoms with Crippen LogP contribution in [0.15, 0.2) is 49.3 Å². The van der Waals surface area contributed by atoms with E-state index in [0.29, 0.717) is 29.5 Å². The average Bonchev–Trinajstić information content (AvgIpc) is 2.95. The predicted molar refractivity (Wildman–Crippen MR) is 140 cm³/mol. The fraction of sp³-hybridized carbons (Fsp3) is 0.571. The lowest BCUT2D eigenvalue weighted by molar-refractivity contribution is -0.537. The molecular weight excluding hydrogens is 653 g/mol. The molecule has 46 heavy (non-hydrogen) atoms. The van der Waals surface area contributed by atoms with Gasteiger partial charge in [-0.05, 0) is 56.4 Å². The minimum atomic E-state index is -6.84. The first kappa shape index (κ1) is 38.9. The lowest BCUT2D eigenvalue weighted by atomic mass is 10.1. The number of allylic oxidation sites excluding steroid dienone is 1. The summed E-state index contributed by atoms with van der Waals surface area (Å²) in [5.74, 6) is 1.41. The smallest absolute Gasteiger partial charge is 0.483 e. The second-order valence-electron chi connectivity index (χ2n) is 9.60. The zero-order valence-electron chi connectivity index (χ0n) is 24.1. The quantitative estimate of drug-likeness (QED) is 0.0698. The molecule has 2 aromatic rings. The van der Waals surface area contributed by atoms with E-state index in [1.807, 2.05) is 6.08 Å². The van der Waals surface area contributed by atoms with Gasteiger partial charge in [-0.15, -0.1) is 6.58 Å². The Morgan fingerprint density at radius 1 is 0.609 bits per heavy atom. The summed E-state index contributed by atoms with van der Waals surface area (Å²) in [5, 5.41) is 0. The van der Waals surface area contributed by atoms with E-state index < -0.39 is 43.8 Å². The number of nitrogens with zero attached hydrogens (tertiary/aromatic N) is 2. The highest BCUT2D eigenvalue weighted by Gasteiger charge is 2.72. The van der Waals surface area contributed by atoms with Gasteiger partial charge in [-0.1, -0.05) is 18.9 Å². The molecule has 0 N–H and O–H groups in total. The van der Waals surface area contributed by atoms with Crippen molar-refractivity contribution in [3.05, 3.63) is 49.3 Å². The molecule has 18 heteroatoms. The van der Waals surface area contributed by atoms with Gasteiger partial charge < -0.3 is 14.2 Å². The average molecular weight is 685 g/mol. The number of aromatic nitrogens is 2. The Balaban J connectivity index is 1.68. The fourth-order valence-electron chi connectivity index (χ4n) is 3.42. The van der Waals surface area contributed by atoms with E-state index in [1.165, 1.54) is 0 Å². The van der Waals surface area contributed by atoms with Crippen molar-refractivity contribution in [2.75, 3.05) is 26.4 Å². The van der Waals surface area contributed by atoms with Crippen LogP contribution in [0.3, 0.4) is 0 Å². The molecule has 0 bridgehead atoms. The minimum Gasteiger partial charge on any atom is -0.494 e. The number of hydrogen-bond donors (Lipinski definition) is 0. The van der Waals surface area contributed by atoms with Crippen LogP contribution in [0.4, 0.5) is 48.3 Å². The van der Waals surface area contributed by atoms with Crippen molar-refractivity contribution < 1.29 is 72.0 Å². The number of unbranched alkanes of at least 4 members (excludes halogenated alkanes) is 5. The molecule has 1 aromatic carbocycles. The molecule has 7 nitrogen and oxygen atoms in total. The molecule has 0 saturated heterocycles. The molecule has 0 saturated carbocycles. The molecule has 0 radical (unpaired) electrons. The maximum Gasteiger partial charge on any atom is 0.483 e. The molecule has 0 aliphatic carbocycles. The molecule has 0 aliphatic heterocycles. The van der Waals surface area contributed by atoms with Gasteiger partial charge in [0.25, 0.3) is 0 Å². The van der Waals surface area contributed by atoms with Gasteiger partial charge in [0.05, 0.1) is 25.6 Å². The Morgan fingerprint density at radius 2 is 1.13 bits per heavy atom. The molecular formula is C28H31F11N2O5. The Morgan fingerprint density at radius 3 is 1.72 bits per heavy atom. The van der Waals surface area contributed by atoms with Crippen LogP contribution in [-0.4, -0.2) is 67.0 Å². The third-order valence-electron chi connectivity index (χ3n) is 5.74. The highest BCUT2D eigenvalue weighted by atomic mass is 19.4. The van der Waals surface area contributed by atoms with Gasteiger partial charge in [0, 0.05) is 12.2 Å². The first-order valence-electron chi connectivity index (χ1n) is 13.7. The van der Waals surface area contributed by atoms with Gasteiger partial charge in [-0.2, -0.15) is 48.3 Å². The zero-order valence-corrected chi connectivity index (χ0v) is 24.1. The van der Waals surface area contributed by atoms with Gasteiger partial charge in [-0.3, -0.25) is 0 Å². The monoisotopic (exact) mass is 684 g/mol. The highest BCUT2D eigenvalue weighted by Crippen LogP contribution is 2.47. The summed E-state index contributed by atoms with van der Waals surface area (Å²) in [4.78, 5) is 8.55. The summed E-state index contributed by atoms with van der Waals surface area (Å²) in [6.45, 7) is 1.71. The van der Waals surface area contributed by atoms with Crippen molar-refractivity contribution in [1.82, 2.24) is 9.97 Å². The number of halogens is 11. The summed E-state index contributed by atoms with van der Waals surface area (Å²) in [5.41, 5.74) is 0.682. The Kier molecular flexibility index (Phi) is 14.4. The van der Waals surface area contributed by atoms with Gasteiger partial charge in [0.1, 0.15) is 12.4 Å². The van der Waals surface area contributed by atoms with Crippen LogP contribution in [0.5, 0.6) is 11.5 Å². The van der Waals surface area contributed by atoms with Crippen molar-refractivity contribution in [3.63, 3.8) is 0 Å². The van der Waals surface area contributed by atoms with Crippen LogP contribution in [0.1, 0.15) is 44.9 Å². The molecule has 1 aromatic heterocycles. The molecule has 0 amide bonds. The van der Waals surface area contributed by atoms with Gasteiger partial charge in [0.15, 0.2) is 11.6 Å². The van der Waals surface area contributed by atoms with Crippen molar-refractivity contribution in [3.8, 4) is 22.9 Å². The normalized spacial score (nSPS) is 13.1. The summed E-state index contributed by atoms with van der Waals surface area (Å²) in [6, 6.07) is 6.62. The predicted octanol–water partition coefficient (Wildman–Crippen LogP) is 8.80. The Bertz CT molecular complexity index is 1180. The lowest BCUT2D eigenvalue weighted by Gasteiger charge is -2.31. The second kappa shape index (κ2) is 17.1. The van der Waals surface area contributed by atoms with E-state index in [-0.39, 0.29) is 19.4 Å². The topological polar surface area (TPSA) is 71.9 Å². The summed E-state index contributed by atoms with van der Waals surface area (Å²) < 4.78 is 161. The highest BCUT2D eigenvalue weighted by molar-refractivity contribution is 5.56. The Hall–Kier alpha value is -3.25. The van der Waals surface area contributed by atoms with Crippen LogP contribution < -0.4 is 9.47 Å². The van der Waals surface area contributed by atoms with Crippen LogP contribution >= 0.6 is 0 Å². The number of benzene rings is 1. The number of ether oxygens (including phenoxy) is 5. The first-order chi connectivity index (χ1) is 21.4. The summed E-state index contributed by atoms with van der Waals surface area (Å²) >= 11 is 0. The van der Waals surface area contributed by atoms with Gasteiger partial charge in [0.2, 0.25) is 0 Å². The van der Waals surface area contributed by atoms with Crippen LogP contribution in [0.2, 0.25) is 0 Å². The third-order valence-corrected chi connectivity index (χ3v) is 5.74. The molecule has 2 rings (SSSR count). The van der Waals surface area contributed by atoms with Gasteiger partial charge >= 0.3 is 30.6 Å². The van der Waals surface area contributed by atoms with Crippen LogP contribution in [-0.2, 0) is 14.2 Å². The molecule has 0 fully saturated rings. The molecule has 1 heterocycles. The van der Waals surface area contributed by atoms with E-state index in [9.17, 15) is 48.3 Å². The Labute approximate surface area is 256 Å². The van der Waals surface area contributed by atoms with E-state index in [1.54, 1.807) is 41.4 Å². The maximum absolute atomic E-state index is 13.5. The van der Waals surface area contributed by atoms with E-state index in [0.717, 1.165) is 32.1 Å². The minimum absolute atomic E-state index is 0.0131. The second-order valence-corrected chi connectivity index (χ2v) is 9.60. The van der Waals surface area contributed by atoms with Crippen molar-refractivity contribution >= 4 is 0 Å². The van der Waals surface area contributed by atoms with E-state index in [4.69, 9.17) is 9.47 Å². The lowest BCUT2D eigenvalue weighted by Crippen LogP contribution is -2.55. The molecule has 0 atom stereocenters. The van der Waals surface area contributed by atoms with E-state index >= 15 is 0 Å². The summed E-state index contributed by atoms with van der Waals surface area (Å²) in [6.07, 6.45) is -21.9. The van der Waals surface area contributed by atoms with E-state index in [2.05, 4.69) is 26.0 Å². The first-order valence-corrected chi connectivity index (χ1v) is 13.7. The molecule has 0 spiro atoms. The van der Waals surface area contributed by atoms with Crippen LogP contribution in [0.25, 0.3) is 11.4 Å². The van der Waals surface area contributed by atoms with Crippen molar-refractivity contribution in [2.45, 2.75) is 75.6 Å². The standard InChI is InChI=1S/C28H31F11N2O5/c1-2-3-4-5-6-7-15-44-22-17-40-23(41-18-22)20-10-12-21(13-11-20)43-16-9-8-14-42-19-24(29,30)45-27(36,37)28(38,39)46-26(34,35)25(31,32)33/h2,10-13,17-18H,1,3-9,14-16,19H2. The summed E-state index contributed by atoms with van der Waals surface area (Å²) in [7, 11) is 0. The maximum atomic E-state index is 13.5. The van der Waals surface area contributed by atoms with Crippen molar-refractivity contribution in [2.24, 2.45) is 0 Å². The largest absolute Gasteiger partial charge is 0.494 e. The molecule has 0 aliphatic rings. The number of alkyl halides is 11. The fourth-order valence-corrected chi connectivity index (χ4v) is 3.42. The molecule has 0 unspecified atom stereocenters. The molecule has 260 valence electrons.